The van der Waals surface area contributed by atoms with Crippen LogP contribution in [0.25, 0.3) is 10.9 Å². The third-order valence-electron chi connectivity index (χ3n) is 8.06. The van der Waals surface area contributed by atoms with Crippen LogP contribution in [0, 0.1) is 5.41 Å². The Labute approximate surface area is 269 Å². The Morgan fingerprint density at radius 1 is 0.909 bits per heavy atom. The van der Waals surface area contributed by atoms with Gasteiger partial charge in [-0.15, -0.1) is 0 Å². The van der Waals surface area contributed by atoms with E-state index in [4.69, 9.17) is 44.3 Å². The average molecular weight is 687 g/mol. The number of aromatic nitrogens is 1. The molecule has 11 nitrogen and oxygen atoms in total. The molecule has 3 heterocycles. The highest BCUT2D eigenvalue weighted by atomic mass is 35.6. The second kappa shape index (κ2) is 12.8. The van der Waals surface area contributed by atoms with Gasteiger partial charge in [0.2, 0.25) is 13.8 Å². The summed E-state index contributed by atoms with van der Waals surface area (Å²) in [4.78, 5) is 39.7. The van der Waals surface area contributed by atoms with Gasteiger partial charge in [-0.3, -0.25) is 4.79 Å². The van der Waals surface area contributed by atoms with E-state index in [2.05, 4.69) is 0 Å². The number of rotatable bonds is 7. The molecule has 15 heteroatoms. The van der Waals surface area contributed by atoms with Crippen LogP contribution in [0.3, 0.4) is 0 Å². The van der Waals surface area contributed by atoms with Crippen molar-refractivity contribution in [2.45, 2.75) is 36.2 Å². The number of aliphatic carboxylic acids is 1. The van der Waals surface area contributed by atoms with Crippen LogP contribution in [-0.2, 0) is 43.9 Å². The van der Waals surface area contributed by atoms with Crippen LogP contribution in [0.5, 0.6) is 0 Å². The Bertz CT molecular complexity index is 1670. The molecule has 0 aliphatic carbocycles. The number of sulfonamides is 1. The maximum atomic E-state index is 13.8. The van der Waals surface area contributed by atoms with E-state index < -0.39 is 49.7 Å². The average Bonchev–Trinajstić information content (AvgIpc) is 3.33. The number of fused-ring (bicyclic) bond motifs is 3. The smallest absolute Gasteiger partial charge is 0.418 e. The highest BCUT2D eigenvalue weighted by molar-refractivity contribution is 7.89. The first kappa shape index (κ1) is 32.4. The minimum Gasteiger partial charge on any atom is -0.481 e. The number of hydrogen-bond donors (Lipinski definition) is 1. The molecule has 0 spiro atoms. The molecule has 0 radical (unpaired) electrons. The van der Waals surface area contributed by atoms with Gasteiger partial charge in [-0.05, 0) is 36.5 Å². The Morgan fingerprint density at radius 3 is 2.23 bits per heavy atom. The van der Waals surface area contributed by atoms with Crippen LogP contribution in [-0.4, -0.2) is 81.2 Å². The number of alkyl halides is 3. The molecule has 0 saturated carbocycles. The Morgan fingerprint density at radius 2 is 1.57 bits per heavy atom. The Balaban J connectivity index is 1.31. The number of nitrogens with zero attached hydrogens (tertiary/aromatic N) is 3. The van der Waals surface area contributed by atoms with Gasteiger partial charge in [0.25, 0.3) is 0 Å². The van der Waals surface area contributed by atoms with E-state index in [1.807, 2.05) is 42.5 Å². The van der Waals surface area contributed by atoms with E-state index in [0.717, 1.165) is 16.5 Å². The lowest BCUT2D eigenvalue weighted by molar-refractivity contribution is -0.150. The van der Waals surface area contributed by atoms with Crippen molar-refractivity contribution in [3.05, 3.63) is 71.4 Å². The summed E-state index contributed by atoms with van der Waals surface area (Å²) in [6.07, 6.45) is -1.26. The van der Waals surface area contributed by atoms with Crippen molar-refractivity contribution < 1.29 is 37.4 Å². The van der Waals surface area contributed by atoms with Gasteiger partial charge in [-0.1, -0.05) is 83.3 Å². The van der Waals surface area contributed by atoms with E-state index in [9.17, 15) is 27.9 Å². The summed E-state index contributed by atoms with van der Waals surface area (Å²) in [7, 11) is -4.14. The Kier molecular flexibility index (Phi) is 9.39. The number of carboxylic acid groups (broad SMARTS) is 1. The van der Waals surface area contributed by atoms with Crippen molar-refractivity contribution in [1.29, 1.82) is 0 Å². The molecular weight excluding hydrogens is 657 g/mol. The number of hydrogen-bond acceptors (Lipinski definition) is 7. The van der Waals surface area contributed by atoms with Gasteiger partial charge in [-0.25, -0.2) is 22.6 Å². The standard InChI is InChI=1S/C29H30Cl3N3O8S/c30-29(31,32)18-43-27(39)35-23-9-5-4-8-21(23)22-10-13-34(16-24(22)35)44(40,41)19-28(25(36)37)11-14-33(15-12-28)26(38)42-17-20-6-2-1-3-7-20/h1-9H,10-19H2,(H,36,37). The van der Waals surface area contributed by atoms with Crippen molar-refractivity contribution in [3.63, 3.8) is 0 Å². The van der Waals surface area contributed by atoms with Crippen LogP contribution >= 0.6 is 34.8 Å². The van der Waals surface area contributed by atoms with Crippen LogP contribution < -0.4 is 0 Å². The van der Waals surface area contributed by atoms with Crippen LogP contribution in [0.1, 0.15) is 29.7 Å². The molecule has 0 unspecified atom stereocenters. The molecule has 2 aliphatic rings. The second-order valence-electron chi connectivity index (χ2n) is 10.9. The summed E-state index contributed by atoms with van der Waals surface area (Å²) in [5, 5.41) is 11.0. The highest BCUT2D eigenvalue weighted by Crippen LogP contribution is 2.37. The number of carboxylic acids is 1. The maximum absolute atomic E-state index is 13.8. The molecule has 1 N–H and O–H groups in total. The molecule has 1 aromatic heterocycles. The maximum Gasteiger partial charge on any atom is 0.418 e. The molecule has 1 fully saturated rings. The van der Waals surface area contributed by atoms with Crippen LogP contribution in [0.4, 0.5) is 9.59 Å². The number of carbonyl (C=O) groups excluding carboxylic acids is 2. The monoisotopic (exact) mass is 685 g/mol. The number of likely N-dealkylation sites (tertiary alicyclic amines) is 1. The first-order valence-corrected chi connectivity index (χ1v) is 16.6. The third kappa shape index (κ3) is 6.94. The molecule has 1 amide bonds. The van der Waals surface area contributed by atoms with Gasteiger partial charge >= 0.3 is 18.2 Å². The fraction of sp³-hybridized carbons (Fsp3) is 0.414. The summed E-state index contributed by atoms with van der Waals surface area (Å²) < 4.78 is 38.8. The van der Waals surface area contributed by atoms with Gasteiger partial charge < -0.3 is 19.5 Å². The van der Waals surface area contributed by atoms with Crippen molar-refractivity contribution >= 4 is 73.9 Å². The van der Waals surface area contributed by atoms with Crippen molar-refractivity contribution in [2.75, 3.05) is 32.0 Å². The molecule has 44 heavy (non-hydrogen) atoms. The number of halogens is 3. The van der Waals surface area contributed by atoms with Gasteiger partial charge in [0.15, 0.2) is 0 Å². The topological polar surface area (TPSA) is 135 Å². The first-order chi connectivity index (χ1) is 20.8. The predicted molar refractivity (Wildman–Crippen MR) is 164 cm³/mol. The van der Waals surface area contributed by atoms with Crippen LogP contribution in [0.15, 0.2) is 54.6 Å². The lowest BCUT2D eigenvalue weighted by Gasteiger charge is -2.39. The zero-order valence-electron chi connectivity index (χ0n) is 23.5. The highest BCUT2D eigenvalue weighted by Gasteiger charge is 2.48. The van der Waals surface area contributed by atoms with Crippen molar-refractivity contribution in [2.24, 2.45) is 5.41 Å². The number of ether oxygens (including phenoxy) is 2. The summed E-state index contributed by atoms with van der Waals surface area (Å²) in [5.41, 5.74) is 0.903. The zero-order chi connectivity index (χ0) is 31.7. The SMILES string of the molecule is O=C(OCc1ccccc1)N1CCC(CS(=O)(=O)N2CCc3c(n(C(=O)OCC(Cl)(Cl)Cl)c4ccccc34)C2)(C(=O)O)CC1. The minimum absolute atomic E-state index is 0.0306. The molecule has 0 atom stereocenters. The van der Waals surface area contributed by atoms with Crippen molar-refractivity contribution in [3.8, 4) is 0 Å². The largest absolute Gasteiger partial charge is 0.481 e. The second-order valence-corrected chi connectivity index (χ2v) is 15.4. The number of piperidine rings is 1. The lowest BCUT2D eigenvalue weighted by atomic mass is 9.80. The van der Waals surface area contributed by atoms with Gasteiger partial charge in [0, 0.05) is 30.7 Å². The van der Waals surface area contributed by atoms with E-state index in [1.54, 1.807) is 12.1 Å². The van der Waals surface area contributed by atoms with Gasteiger partial charge in [-0.2, -0.15) is 4.31 Å². The molecule has 236 valence electrons. The normalized spacial score (nSPS) is 17.2. The lowest BCUT2D eigenvalue weighted by Crippen LogP contribution is -2.52. The number of amides is 1. The summed E-state index contributed by atoms with van der Waals surface area (Å²) in [6.45, 7) is -0.465. The zero-order valence-corrected chi connectivity index (χ0v) is 26.5. The molecule has 0 bridgehead atoms. The molecule has 5 rings (SSSR count). The number of benzene rings is 2. The Hall–Kier alpha value is -3.03. The van der Waals surface area contributed by atoms with E-state index >= 15 is 0 Å². The van der Waals surface area contributed by atoms with Gasteiger partial charge in [0.1, 0.15) is 13.2 Å². The molecule has 1 saturated heterocycles. The van der Waals surface area contributed by atoms with Gasteiger partial charge in [0.05, 0.1) is 23.2 Å². The molecule has 2 aliphatic heterocycles. The van der Waals surface area contributed by atoms with Crippen LogP contribution in [0.2, 0.25) is 0 Å². The fourth-order valence-electron chi connectivity index (χ4n) is 5.73. The first-order valence-electron chi connectivity index (χ1n) is 13.8. The summed E-state index contributed by atoms with van der Waals surface area (Å²) in [6, 6.07) is 16.2. The third-order valence-corrected chi connectivity index (χ3v) is 10.4. The number of para-hydroxylation sites is 1. The molecular formula is C29H30Cl3N3O8S. The number of carbonyl (C=O) groups is 3. The van der Waals surface area contributed by atoms with E-state index in [-0.39, 0.29) is 45.6 Å². The minimum atomic E-state index is -4.14. The summed E-state index contributed by atoms with van der Waals surface area (Å²) in [5.74, 6) is -1.91. The quantitative estimate of drug-likeness (QED) is 0.336. The fourth-order valence-corrected chi connectivity index (χ4v) is 7.87. The van der Waals surface area contributed by atoms with Crippen molar-refractivity contribution in [1.82, 2.24) is 13.8 Å². The van der Waals surface area contributed by atoms with E-state index in [1.165, 1.54) is 13.8 Å². The summed E-state index contributed by atoms with van der Waals surface area (Å²) >= 11 is 17.3. The predicted octanol–water partition coefficient (Wildman–Crippen LogP) is 5.19. The molecule has 3 aromatic rings. The molecule has 2 aromatic carbocycles. The van der Waals surface area contributed by atoms with E-state index in [0.29, 0.717) is 17.6 Å².